The van der Waals surface area contributed by atoms with Crippen molar-refractivity contribution in [2.45, 2.75) is 39.5 Å². The van der Waals surface area contributed by atoms with Crippen LogP contribution in [-0.2, 0) is 6.50 Å². The van der Waals surface area contributed by atoms with Crippen molar-refractivity contribution in [3.63, 3.8) is 0 Å². The van der Waals surface area contributed by atoms with E-state index in [0.717, 1.165) is 0 Å². The Morgan fingerprint density at radius 2 is 2.22 bits per heavy atom. The molecule has 1 saturated heterocycles. The Morgan fingerprint density at radius 3 is 2.96 bits per heavy atom. The summed E-state index contributed by atoms with van der Waals surface area (Å²) in [6.45, 7) is -10.1. The van der Waals surface area contributed by atoms with Crippen LogP contribution in [0.25, 0.3) is 10.9 Å². The van der Waals surface area contributed by atoms with E-state index in [1.165, 1.54) is 0 Å². The molecule has 1 fully saturated rings. The van der Waals surface area contributed by atoms with Gasteiger partial charge in [0, 0.05) is 30.8 Å². The summed E-state index contributed by atoms with van der Waals surface area (Å²) >= 11 is 0. The van der Waals surface area contributed by atoms with Crippen molar-refractivity contribution < 1.29 is 29.1 Å². The Morgan fingerprint density at radius 1 is 1.44 bits per heavy atom. The van der Waals surface area contributed by atoms with Crippen LogP contribution in [0, 0.1) is 5.92 Å². The van der Waals surface area contributed by atoms with Gasteiger partial charge in [-0.3, -0.25) is 9.59 Å². The third kappa shape index (κ3) is 4.16. The van der Waals surface area contributed by atoms with Crippen molar-refractivity contribution in [2.24, 2.45) is 5.92 Å². The minimum atomic E-state index is -3.61. The van der Waals surface area contributed by atoms with Gasteiger partial charge in [0.05, 0.1) is 11.0 Å². The fourth-order valence-corrected chi connectivity index (χ4v) is 2.95. The number of fused-ring (bicyclic) bond motifs is 1. The predicted molar refractivity (Wildman–Crippen MR) is 107 cm³/mol. The van der Waals surface area contributed by atoms with Crippen LogP contribution in [0.2, 0.25) is 1.41 Å². The summed E-state index contributed by atoms with van der Waals surface area (Å²) in [7, 11) is 0. The molecule has 1 amide bonds. The molecule has 1 aromatic carbocycles. The normalized spacial score (nSPS) is 26.1. The van der Waals surface area contributed by atoms with E-state index in [1.54, 1.807) is 4.90 Å². The van der Waals surface area contributed by atoms with Crippen LogP contribution in [0.3, 0.4) is 0 Å². The molecule has 2 heterocycles. The van der Waals surface area contributed by atoms with E-state index in [9.17, 15) is 14.7 Å². The monoisotopic (exact) mass is 385 g/mol. The number of pyridine rings is 1. The summed E-state index contributed by atoms with van der Waals surface area (Å²) in [6.07, 6.45) is 0.527. The standard InChI is InChI=1S/C21H29N3O3/c1-3-24-17-8-5-4-7-16(17)19(25)18(21(24)27)20(26)22-11-6-12-23-13-9-15(2)10-14-23/h4-5,7-8,15,25H,3,6,9-14H2,1-2H3,(H,22,26)/i1D3,2D3,3D2,4D,5D,7D,8D,12D/hD. The smallest absolute Gasteiger partial charge is 0.267 e. The largest absolute Gasteiger partial charge is 0.506 e. The number of para-hydroxylation sites is 1. The molecule has 1 atom stereocenters. The molecule has 6 heteroatoms. The van der Waals surface area contributed by atoms with Crippen molar-refractivity contribution in [3.05, 3.63) is 40.1 Å². The lowest BCUT2D eigenvalue weighted by Crippen LogP contribution is -2.37. The fourth-order valence-electron chi connectivity index (χ4n) is 2.95. The van der Waals surface area contributed by atoms with Crippen molar-refractivity contribution in [2.75, 3.05) is 26.2 Å². The van der Waals surface area contributed by atoms with E-state index in [-0.39, 0.29) is 16.3 Å². The van der Waals surface area contributed by atoms with Crippen molar-refractivity contribution in [1.29, 1.82) is 0 Å². The molecule has 1 aliphatic heterocycles. The maximum absolute atomic E-state index is 13.4. The van der Waals surface area contributed by atoms with Crippen LogP contribution in [0.15, 0.2) is 29.0 Å². The Balaban J connectivity index is 2.02. The van der Waals surface area contributed by atoms with Crippen molar-refractivity contribution >= 4 is 16.8 Å². The Hall–Kier alpha value is -2.34. The van der Waals surface area contributed by atoms with Gasteiger partial charge < -0.3 is 19.9 Å². The number of aromatic hydroxyl groups is 1. The average Bonchev–Trinajstić information content (AvgIpc) is 2.87. The highest BCUT2D eigenvalue weighted by Gasteiger charge is 2.21. The van der Waals surface area contributed by atoms with Crippen molar-refractivity contribution in [3.8, 4) is 5.75 Å². The number of benzene rings is 1. The first-order chi connectivity index (χ1) is 18.6. The number of nitrogens with zero attached hydrogens (tertiary/aromatic N) is 2. The SMILES string of the molecule is [2H]c1c([2H])c([2H])c2c(c1[2H])c(O)c(C(=O)N([2H])CCC([2H])N1CCC(C([2H])([2H])[2H])CC1)c(=O)n2C([2H])([2H])C([2H])([2H])[2H]. The zero-order valence-corrected chi connectivity index (χ0v) is 14.5. The van der Waals surface area contributed by atoms with Gasteiger partial charge in [-0.2, -0.15) is 0 Å². The first-order valence-electron chi connectivity index (χ1n) is 15.5. The third-order valence-corrected chi connectivity index (χ3v) is 4.41. The lowest BCUT2D eigenvalue weighted by atomic mass is 9.99. The highest BCUT2D eigenvalue weighted by molar-refractivity contribution is 6.02. The topological polar surface area (TPSA) is 74.6 Å². The van der Waals surface area contributed by atoms with Gasteiger partial charge in [-0.25, -0.2) is 0 Å². The van der Waals surface area contributed by atoms with Gasteiger partial charge in [-0.1, -0.05) is 18.9 Å². The van der Waals surface area contributed by atoms with Crippen LogP contribution < -0.4 is 10.9 Å². The molecule has 1 aromatic heterocycles. The highest BCUT2D eigenvalue weighted by Crippen LogP contribution is 2.26. The number of aromatic nitrogens is 1. The van der Waals surface area contributed by atoms with Crippen LogP contribution in [0.1, 0.15) is 61.1 Å². The van der Waals surface area contributed by atoms with Gasteiger partial charge in [-0.15, -0.1) is 0 Å². The molecule has 0 radical (unpaired) electrons. The predicted octanol–water partition coefficient (Wildman–Crippen LogP) is 2.58. The Kier molecular flexibility index (Phi) is 2.65. The summed E-state index contributed by atoms with van der Waals surface area (Å²) < 4.78 is 110. The second-order valence-corrected chi connectivity index (χ2v) is 6.17. The second-order valence-electron chi connectivity index (χ2n) is 6.17. The van der Waals surface area contributed by atoms with E-state index in [1.807, 2.05) is 0 Å². The lowest BCUT2D eigenvalue weighted by molar-refractivity contribution is 0.0946. The molecular weight excluding hydrogens is 342 g/mol. The Labute approximate surface area is 179 Å². The zero-order chi connectivity index (χ0) is 31.4. The molecule has 146 valence electrons. The van der Waals surface area contributed by atoms with Gasteiger partial charge in [-0.05, 0) is 63.7 Å². The fraction of sp³-hybridized carbons (Fsp3) is 0.524. The van der Waals surface area contributed by atoms with Crippen molar-refractivity contribution in [1.82, 2.24) is 14.8 Å². The number of carbonyl (C=O) groups is 1. The number of hydrogen-bond acceptors (Lipinski definition) is 4. The number of nitrogens with one attached hydrogen (secondary N) is 1. The summed E-state index contributed by atoms with van der Waals surface area (Å²) in [6, 6.07) is -3.84. The van der Waals surface area contributed by atoms with Crippen LogP contribution in [0.4, 0.5) is 0 Å². The van der Waals surface area contributed by atoms with Gasteiger partial charge in [0.15, 0.2) is 1.41 Å². The second kappa shape index (κ2) is 8.57. The number of rotatable bonds is 6. The molecule has 0 aliphatic carbocycles. The van der Waals surface area contributed by atoms with E-state index in [0.29, 0.717) is 25.9 Å². The van der Waals surface area contributed by atoms with Crippen LogP contribution in [-0.4, -0.2) is 46.6 Å². The maximum atomic E-state index is 13.4. The maximum Gasteiger partial charge on any atom is 0.267 e. The molecule has 3 rings (SSSR count). The summed E-state index contributed by atoms with van der Waals surface area (Å²) in [5.41, 5.74) is -3.97. The molecule has 2 N–H and O–H groups in total. The average molecular weight is 386 g/mol. The minimum absolute atomic E-state index is 0.115. The van der Waals surface area contributed by atoms with E-state index >= 15 is 0 Å². The molecule has 1 unspecified atom stereocenters. The molecular formula is C21H29N3O3. The minimum Gasteiger partial charge on any atom is -0.506 e. The number of piperidine rings is 1. The first-order valence-corrected chi connectivity index (χ1v) is 8.50. The molecule has 27 heavy (non-hydrogen) atoms. The van der Waals surface area contributed by atoms with Gasteiger partial charge in [0.2, 0.25) is 0 Å². The molecule has 0 bridgehead atoms. The third-order valence-electron chi connectivity index (χ3n) is 4.41. The van der Waals surface area contributed by atoms with Gasteiger partial charge in [0.1, 0.15) is 11.3 Å². The van der Waals surface area contributed by atoms with E-state index in [4.69, 9.17) is 19.2 Å². The lowest BCUT2D eigenvalue weighted by Gasteiger charge is -2.30. The molecule has 6 nitrogen and oxygen atoms in total. The number of carbonyl (C=O) groups excluding carboxylic acids is 1. The number of likely N-dealkylation sites (tertiary alicyclic amines) is 1. The summed E-state index contributed by atoms with van der Waals surface area (Å²) in [5.74, 6) is -3.29. The zero-order valence-electron chi connectivity index (χ0n) is 28.5. The van der Waals surface area contributed by atoms with Crippen LogP contribution in [0.5, 0.6) is 5.75 Å². The quantitative estimate of drug-likeness (QED) is 0.801. The van der Waals surface area contributed by atoms with Gasteiger partial charge in [0.25, 0.3) is 11.5 Å². The van der Waals surface area contributed by atoms with E-state index < -0.39 is 97.0 Å². The molecule has 0 saturated carbocycles. The highest BCUT2D eigenvalue weighted by atomic mass is 16.3. The van der Waals surface area contributed by atoms with Gasteiger partial charge >= 0.3 is 0 Å². The molecule has 1 aliphatic rings. The number of hydrogen-bond donors (Lipinski definition) is 2. The summed E-state index contributed by atoms with van der Waals surface area (Å²) in [4.78, 5) is 28.3. The van der Waals surface area contributed by atoms with Crippen LogP contribution >= 0.6 is 0 Å². The number of amides is 1. The van der Waals surface area contributed by atoms with E-state index in [2.05, 4.69) is 0 Å². The number of aryl methyl sites for hydroxylation is 1. The molecule has 2 aromatic rings. The summed E-state index contributed by atoms with van der Waals surface area (Å²) in [5, 5.41) is 10.2. The first kappa shape index (κ1) is 8.35. The molecule has 0 spiro atoms. The Bertz CT molecular complexity index is 1400.